The van der Waals surface area contributed by atoms with Crippen molar-refractivity contribution in [3.05, 3.63) is 94.5 Å². The first-order valence-corrected chi connectivity index (χ1v) is 14.4. The minimum atomic E-state index is -4.14. The smallest absolute Gasteiger partial charge is 0.264 e. The molecule has 3 aromatic carbocycles. The van der Waals surface area contributed by atoms with Crippen LogP contribution in [0.2, 0.25) is 10.0 Å². The average Bonchev–Trinajstić information content (AvgIpc) is 2.90. The van der Waals surface area contributed by atoms with Crippen LogP contribution in [0.15, 0.2) is 83.8 Å². The molecule has 2 amide bonds. The summed E-state index contributed by atoms with van der Waals surface area (Å²) < 4.78 is 28.4. The van der Waals surface area contributed by atoms with E-state index in [2.05, 4.69) is 5.32 Å². The maximum absolute atomic E-state index is 13.9. The Labute approximate surface area is 234 Å². The monoisotopic (exact) mass is 575 g/mol. The van der Waals surface area contributed by atoms with Gasteiger partial charge in [-0.15, -0.1) is 0 Å². The fourth-order valence-electron chi connectivity index (χ4n) is 3.76. The number of nitrogens with zero attached hydrogens (tertiary/aromatic N) is 2. The number of sulfonamides is 1. The highest BCUT2D eigenvalue weighted by Crippen LogP contribution is 2.27. The first kappa shape index (κ1) is 29.5. The highest BCUT2D eigenvalue weighted by molar-refractivity contribution is 7.92. The summed E-state index contributed by atoms with van der Waals surface area (Å²) in [7, 11) is -4.14. The van der Waals surface area contributed by atoms with Crippen LogP contribution in [-0.2, 0) is 26.2 Å². The van der Waals surface area contributed by atoms with E-state index >= 15 is 0 Å². The molecule has 0 bridgehead atoms. The summed E-state index contributed by atoms with van der Waals surface area (Å²) in [4.78, 5) is 28.3. The van der Waals surface area contributed by atoms with Crippen LogP contribution in [0, 0.1) is 0 Å². The molecule has 7 nitrogen and oxygen atoms in total. The number of halogens is 2. The molecule has 0 saturated heterocycles. The van der Waals surface area contributed by atoms with Gasteiger partial charge >= 0.3 is 0 Å². The molecule has 0 aliphatic heterocycles. The number of nitrogens with one attached hydrogen (secondary N) is 1. The van der Waals surface area contributed by atoms with E-state index in [9.17, 15) is 18.0 Å². The van der Waals surface area contributed by atoms with E-state index in [0.29, 0.717) is 15.6 Å². The van der Waals surface area contributed by atoms with Crippen LogP contribution in [0.4, 0.5) is 5.69 Å². The van der Waals surface area contributed by atoms with E-state index in [1.807, 2.05) is 13.8 Å². The van der Waals surface area contributed by atoms with Gasteiger partial charge in [0, 0.05) is 22.6 Å². The molecule has 1 N–H and O–H groups in total. The molecule has 0 spiro atoms. The molecule has 10 heteroatoms. The number of carbonyl (C=O) groups excluding carboxylic acids is 2. The van der Waals surface area contributed by atoms with Gasteiger partial charge in [0.15, 0.2) is 0 Å². The second-order valence-electron chi connectivity index (χ2n) is 8.95. The fourth-order valence-corrected chi connectivity index (χ4v) is 5.58. The minimum Gasteiger partial charge on any atom is -0.352 e. The molecule has 202 valence electrons. The molecule has 0 radical (unpaired) electrons. The SMILES string of the molecule is CC[C@@H](C)NC(=O)[C@H](C)N(Cc1cccc(Cl)c1)C(=O)CN(c1cccc(Cl)c1)S(=O)(=O)c1ccccc1. The summed E-state index contributed by atoms with van der Waals surface area (Å²) >= 11 is 12.3. The van der Waals surface area contributed by atoms with Crippen LogP contribution >= 0.6 is 23.2 Å². The third-order valence-corrected chi connectivity index (χ3v) is 8.37. The van der Waals surface area contributed by atoms with E-state index in [4.69, 9.17) is 23.2 Å². The Balaban J connectivity index is 2.02. The second kappa shape index (κ2) is 13.1. The van der Waals surface area contributed by atoms with E-state index in [1.54, 1.807) is 67.6 Å². The van der Waals surface area contributed by atoms with Crippen molar-refractivity contribution < 1.29 is 18.0 Å². The first-order valence-electron chi connectivity index (χ1n) is 12.2. The molecule has 3 aromatic rings. The molecular formula is C28H31Cl2N3O4S. The molecule has 0 aliphatic carbocycles. The van der Waals surface area contributed by atoms with Crippen molar-refractivity contribution in [1.29, 1.82) is 0 Å². The van der Waals surface area contributed by atoms with Crippen LogP contribution in [0.1, 0.15) is 32.8 Å². The van der Waals surface area contributed by atoms with Crippen molar-refractivity contribution >= 4 is 50.7 Å². The van der Waals surface area contributed by atoms with E-state index in [-0.39, 0.29) is 29.1 Å². The zero-order chi connectivity index (χ0) is 27.9. The number of rotatable bonds is 11. The Hall–Kier alpha value is -3.07. The van der Waals surface area contributed by atoms with Gasteiger partial charge in [0.2, 0.25) is 11.8 Å². The molecule has 0 heterocycles. The number of amides is 2. The van der Waals surface area contributed by atoms with Gasteiger partial charge in [-0.1, -0.05) is 66.5 Å². The summed E-state index contributed by atoms with van der Waals surface area (Å²) in [6, 6.07) is 20.1. The zero-order valence-electron chi connectivity index (χ0n) is 21.5. The fraction of sp³-hybridized carbons (Fsp3) is 0.286. The highest BCUT2D eigenvalue weighted by atomic mass is 35.5. The quantitative estimate of drug-likeness (QED) is 0.326. The van der Waals surface area contributed by atoms with E-state index in [0.717, 1.165) is 10.7 Å². The van der Waals surface area contributed by atoms with Crippen molar-refractivity contribution in [2.75, 3.05) is 10.8 Å². The van der Waals surface area contributed by atoms with Crippen molar-refractivity contribution in [3.63, 3.8) is 0 Å². The Morgan fingerprint density at radius 3 is 2.13 bits per heavy atom. The third kappa shape index (κ3) is 7.49. The zero-order valence-corrected chi connectivity index (χ0v) is 23.8. The summed E-state index contributed by atoms with van der Waals surface area (Å²) in [5.74, 6) is -0.897. The Morgan fingerprint density at radius 1 is 0.895 bits per heavy atom. The van der Waals surface area contributed by atoms with Gasteiger partial charge < -0.3 is 10.2 Å². The van der Waals surface area contributed by atoms with Crippen molar-refractivity contribution in [1.82, 2.24) is 10.2 Å². The van der Waals surface area contributed by atoms with Gasteiger partial charge in [-0.05, 0) is 68.3 Å². The molecule has 0 aliphatic rings. The van der Waals surface area contributed by atoms with E-state index in [1.165, 1.54) is 23.1 Å². The van der Waals surface area contributed by atoms with Gasteiger partial charge in [-0.25, -0.2) is 8.42 Å². The lowest BCUT2D eigenvalue weighted by molar-refractivity contribution is -0.139. The lowest BCUT2D eigenvalue weighted by atomic mass is 10.1. The molecule has 0 unspecified atom stereocenters. The van der Waals surface area contributed by atoms with Gasteiger partial charge in [0.05, 0.1) is 10.6 Å². The Bertz CT molecular complexity index is 1370. The minimum absolute atomic E-state index is 0.0247. The van der Waals surface area contributed by atoms with Crippen LogP contribution < -0.4 is 9.62 Å². The summed E-state index contributed by atoms with van der Waals surface area (Å²) in [5.41, 5.74) is 0.934. The molecule has 2 atom stereocenters. The maximum atomic E-state index is 13.9. The topological polar surface area (TPSA) is 86.8 Å². The van der Waals surface area contributed by atoms with E-state index < -0.39 is 28.5 Å². The molecule has 0 fully saturated rings. The number of hydrogen-bond donors (Lipinski definition) is 1. The number of anilines is 1. The van der Waals surface area contributed by atoms with Crippen LogP contribution in [0.5, 0.6) is 0 Å². The molecule has 3 rings (SSSR count). The summed E-state index contributed by atoms with van der Waals surface area (Å²) in [6.45, 7) is 4.96. The van der Waals surface area contributed by atoms with Crippen molar-refractivity contribution in [3.8, 4) is 0 Å². The normalized spacial score (nSPS) is 12.9. The van der Waals surface area contributed by atoms with Gasteiger partial charge in [-0.2, -0.15) is 0 Å². The molecule has 38 heavy (non-hydrogen) atoms. The van der Waals surface area contributed by atoms with Crippen molar-refractivity contribution in [2.24, 2.45) is 0 Å². The number of hydrogen-bond acceptors (Lipinski definition) is 4. The van der Waals surface area contributed by atoms with Crippen LogP contribution in [0.3, 0.4) is 0 Å². The van der Waals surface area contributed by atoms with Crippen molar-refractivity contribution in [2.45, 2.75) is 50.7 Å². The highest BCUT2D eigenvalue weighted by Gasteiger charge is 2.32. The second-order valence-corrected chi connectivity index (χ2v) is 11.7. The number of carbonyl (C=O) groups is 2. The third-order valence-electron chi connectivity index (χ3n) is 6.12. The maximum Gasteiger partial charge on any atom is 0.264 e. The largest absolute Gasteiger partial charge is 0.352 e. The first-order chi connectivity index (χ1) is 18.0. The summed E-state index contributed by atoms with van der Waals surface area (Å²) in [5, 5.41) is 3.71. The van der Waals surface area contributed by atoms with Gasteiger partial charge in [0.25, 0.3) is 10.0 Å². The predicted molar refractivity (Wildman–Crippen MR) is 152 cm³/mol. The lowest BCUT2D eigenvalue weighted by Gasteiger charge is -2.32. The standard InChI is InChI=1S/C28H31Cl2N3O4S/c1-4-20(2)31-28(35)21(3)32(18-22-10-8-11-23(29)16-22)27(34)19-33(25-13-9-12-24(30)17-25)38(36,37)26-14-6-5-7-15-26/h5-17,20-21H,4,18-19H2,1-3H3,(H,31,35)/t20-,21+/m1/s1. The van der Waals surface area contributed by atoms with Gasteiger partial charge in [0.1, 0.15) is 12.6 Å². The predicted octanol–water partition coefficient (Wildman–Crippen LogP) is 5.52. The molecule has 0 saturated carbocycles. The number of benzene rings is 3. The Kier molecular flexibility index (Phi) is 10.2. The molecular weight excluding hydrogens is 545 g/mol. The van der Waals surface area contributed by atoms with Crippen LogP contribution in [-0.4, -0.2) is 43.8 Å². The Morgan fingerprint density at radius 2 is 1.53 bits per heavy atom. The average molecular weight is 577 g/mol. The lowest BCUT2D eigenvalue weighted by Crippen LogP contribution is -2.52. The summed E-state index contributed by atoms with van der Waals surface area (Å²) in [6.07, 6.45) is 0.721. The van der Waals surface area contributed by atoms with Crippen LogP contribution in [0.25, 0.3) is 0 Å². The van der Waals surface area contributed by atoms with Gasteiger partial charge in [-0.3, -0.25) is 13.9 Å². The molecule has 0 aromatic heterocycles.